The third-order valence-electron chi connectivity index (χ3n) is 6.91. The number of anilines is 1. The summed E-state index contributed by atoms with van der Waals surface area (Å²) in [6.45, 7) is 10.3. The number of amides is 2. The van der Waals surface area contributed by atoms with Gasteiger partial charge in [-0.3, -0.25) is 10.1 Å². The monoisotopic (exact) mass is 644 g/mol. The van der Waals surface area contributed by atoms with Gasteiger partial charge in [-0.25, -0.2) is 9.78 Å². The van der Waals surface area contributed by atoms with E-state index in [2.05, 4.69) is 15.6 Å². The average Bonchev–Trinajstić information content (AvgIpc) is 2.94. The molecule has 0 saturated carbocycles. The summed E-state index contributed by atoms with van der Waals surface area (Å²) >= 11 is 0. The number of ether oxygens (including phenoxy) is 2. The molecule has 8 nitrogen and oxygen atoms in total. The highest BCUT2D eigenvalue weighted by molar-refractivity contribution is 6.48. The van der Waals surface area contributed by atoms with E-state index in [0.29, 0.717) is 5.69 Å². The molecule has 3 rings (SSSR count). The molecule has 45 heavy (non-hydrogen) atoms. The zero-order chi connectivity index (χ0) is 33.4. The lowest BCUT2D eigenvalue weighted by Gasteiger charge is -2.50. The molecule has 2 amide bonds. The second-order valence-electron chi connectivity index (χ2n) is 12.2. The molecule has 243 valence electrons. The maximum Gasteiger partial charge on any atom is 0.412 e. The highest BCUT2D eigenvalue weighted by atomic mass is 28.3. The van der Waals surface area contributed by atoms with E-state index in [-0.39, 0.29) is 18.2 Å². The number of benzene rings is 2. The lowest BCUT2D eigenvalue weighted by molar-refractivity contribution is -0.265. The average molecular weight is 645 g/mol. The molecule has 0 aliphatic carbocycles. The van der Waals surface area contributed by atoms with Crippen molar-refractivity contribution in [2.75, 3.05) is 11.9 Å². The molecule has 0 saturated heterocycles. The van der Waals surface area contributed by atoms with Crippen LogP contribution in [-0.4, -0.2) is 44.5 Å². The van der Waals surface area contributed by atoms with Crippen LogP contribution in [0, 0.1) is 17.3 Å². The zero-order valence-corrected chi connectivity index (χ0v) is 27.6. The van der Waals surface area contributed by atoms with E-state index in [1.165, 1.54) is 20.8 Å². The molecule has 2 atom stereocenters. The van der Waals surface area contributed by atoms with Gasteiger partial charge in [0.05, 0.1) is 5.69 Å². The van der Waals surface area contributed by atoms with E-state index in [9.17, 15) is 22.8 Å². The van der Waals surface area contributed by atoms with Crippen molar-refractivity contribution in [2.24, 2.45) is 17.3 Å². The Labute approximate surface area is 264 Å². The van der Waals surface area contributed by atoms with E-state index < -0.39 is 56.8 Å². The first-order valence-electron chi connectivity index (χ1n) is 14.6. The zero-order valence-electron chi connectivity index (χ0n) is 26.6. The first kappa shape index (κ1) is 35.6. The van der Waals surface area contributed by atoms with E-state index in [1.54, 1.807) is 39.1 Å². The van der Waals surface area contributed by atoms with Gasteiger partial charge >= 0.3 is 12.3 Å². The number of halogens is 3. The van der Waals surface area contributed by atoms with Crippen molar-refractivity contribution in [3.8, 4) is 17.1 Å². The number of pyridine rings is 1. The predicted octanol–water partition coefficient (Wildman–Crippen LogP) is 7.84. The summed E-state index contributed by atoms with van der Waals surface area (Å²) in [5, 5.41) is 5.15. The van der Waals surface area contributed by atoms with E-state index in [4.69, 9.17) is 13.9 Å². The summed E-state index contributed by atoms with van der Waals surface area (Å²) in [4.78, 5) is 30.6. The molecule has 2 N–H and O–H groups in total. The molecule has 2 aromatic carbocycles. The molecular formula is C33H41F3N3O5Si. The predicted molar refractivity (Wildman–Crippen MR) is 169 cm³/mol. The Morgan fingerprint density at radius 2 is 1.51 bits per heavy atom. The molecule has 1 radical (unpaired) electrons. The smallest absolute Gasteiger partial charge is 0.412 e. The second kappa shape index (κ2) is 14.9. The van der Waals surface area contributed by atoms with Crippen molar-refractivity contribution in [1.82, 2.24) is 10.3 Å². The fourth-order valence-corrected chi connectivity index (χ4v) is 6.22. The first-order valence-corrected chi connectivity index (χ1v) is 17.0. The lowest BCUT2D eigenvalue weighted by Crippen LogP contribution is -2.67. The number of nitrogens with zero attached hydrogens (tertiary/aromatic N) is 1. The minimum atomic E-state index is -4.68. The molecule has 1 aromatic heterocycles. The van der Waals surface area contributed by atoms with Gasteiger partial charge < -0.3 is 19.2 Å². The Bertz CT molecular complexity index is 1400. The van der Waals surface area contributed by atoms with Gasteiger partial charge in [-0.15, -0.1) is 0 Å². The highest BCUT2D eigenvalue weighted by Gasteiger charge is 2.61. The van der Waals surface area contributed by atoms with E-state index >= 15 is 0 Å². The summed E-state index contributed by atoms with van der Waals surface area (Å²) in [6.07, 6.45) is -5.47. The van der Waals surface area contributed by atoms with Crippen molar-refractivity contribution in [2.45, 2.75) is 66.2 Å². The Balaban J connectivity index is 1.89. The molecular weight excluding hydrogens is 603 g/mol. The number of hydrogen-bond acceptors (Lipinski definition) is 6. The van der Waals surface area contributed by atoms with Crippen LogP contribution in [0.5, 0.6) is 5.88 Å². The lowest BCUT2D eigenvalue weighted by atomic mass is 9.70. The number of aromatic nitrogens is 1. The molecule has 0 aliphatic heterocycles. The summed E-state index contributed by atoms with van der Waals surface area (Å²) in [5.74, 6) is -3.73. The van der Waals surface area contributed by atoms with Crippen LogP contribution in [0.1, 0.15) is 40.2 Å². The van der Waals surface area contributed by atoms with Crippen molar-refractivity contribution in [3.63, 3.8) is 0 Å². The van der Waals surface area contributed by atoms with Gasteiger partial charge in [-0.1, -0.05) is 95.3 Å². The van der Waals surface area contributed by atoms with Crippen LogP contribution >= 0.6 is 0 Å². The summed E-state index contributed by atoms with van der Waals surface area (Å²) in [7, 11) is -1.72. The summed E-state index contributed by atoms with van der Waals surface area (Å²) < 4.78 is 61.1. The maximum absolute atomic E-state index is 14.7. The fraction of sp³-hybridized carbons (Fsp3) is 0.424. The summed E-state index contributed by atoms with van der Waals surface area (Å²) in [5.41, 5.74) is -1.24. The Kier molecular flexibility index (Phi) is 11.8. The van der Waals surface area contributed by atoms with Gasteiger partial charge in [-0.05, 0) is 36.2 Å². The molecule has 0 aliphatic rings. The number of carbonyl (C=O) groups is 2. The minimum Gasteiger partial charge on any atom is -0.466 e. The molecule has 12 heteroatoms. The molecule has 2 unspecified atom stereocenters. The standard InChI is InChI=1S/C33H41F3N3O5Si/c1-22(2)32(44-45(6)7,29(31(3,4)5)33(34,35)36)39-27(40)21-42-28-26(19-18-25(37-28)24-16-12-9-13-17-24)38-30(41)43-20-23-14-10-8-11-15-23/h8-19,22,29H,20-21H2,1-7H3,(H,38,41)(H,39,40). The van der Waals surface area contributed by atoms with Crippen LogP contribution in [0.3, 0.4) is 0 Å². The molecule has 3 aromatic rings. The number of nitrogens with one attached hydrogen (secondary N) is 2. The largest absolute Gasteiger partial charge is 0.466 e. The van der Waals surface area contributed by atoms with Crippen molar-refractivity contribution in [1.29, 1.82) is 0 Å². The van der Waals surface area contributed by atoms with Crippen LogP contribution in [0.15, 0.2) is 72.8 Å². The summed E-state index contributed by atoms with van der Waals surface area (Å²) in [6, 6.07) is 21.5. The topological polar surface area (TPSA) is 98.8 Å². The van der Waals surface area contributed by atoms with Gasteiger partial charge in [-0.2, -0.15) is 13.2 Å². The second-order valence-corrected chi connectivity index (χ2v) is 14.3. The van der Waals surface area contributed by atoms with Gasteiger partial charge in [0.1, 0.15) is 23.9 Å². The van der Waals surface area contributed by atoms with Crippen molar-refractivity contribution >= 4 is 26.7 Å². The number of rotatable bonds is 12. The Morgan fingerprint density at radius 3 is 2.04 bits per heavy atom. The van der Waals surface area contributed by atoms with Crippen LogP contribution in [-0.2, 0) is 20.6 Å². The quantitative estimate of drug-likeness (QED) is 0.154. The molecule has 0 spiro atoms. The van der Waals surface area contributed by atoms with Crippen LogP contribution in [0.25, 0.3) is 11.3 Å². The van der Waals surface area contributed by atoms with Crippen LogP contribution < -0.4 is 15.4 Å². The minimum absolute atomic E-state index is 0.0184. The SMILES string of the molecule is CC(C)C(NC(=O)COc1nc(-c2ccccc2)ccc1NC(=O)OCc1ccccc1)(O[Si](C)C)C(C(C)(C)C)C(F)(F)F. The molecule has 1 heterocycles. The van der Waals surface area contributed by atoms with Crippen LogP contribution in [0.4, 0.5) is 23.7 Å². The first-order chi connectivity index (χ1) is 21.0. The van der Waals surface area contributed by atoms with E-state index in [1.807, 2.05) is 60.7 Å². The van der Waals surface area contributed by atoms with Gasteiger partial charge in [0.15, 0.2) is 6.61 Å². The third kappa shape index (κ3) is 9.79. The highest BCUT2D eigenvalue weighted by Crippen LogP contribution is 2.49. The van der Waals surface area contributed by atoms with Crippen molar-refractivity contribution < 1.29 is 36.7 Å². The number of carbonyl (C=O) groups excluding carboxylic acids is 2. The fourth-order valence-electron chi connectivity index (χ4n) is 5.14. The van der Waals surface area contributed by atoms with Gasteiger partial charge in [0.25, 0.3) is 5.91 Å². The van der Waals surface area contributed by atoms with E-state index in [0.717, 1.165) is 11.1 Å². The van der Waals surface area contributed by atoms with Gasteiger partial charge in [0.2, 0.25) is 14.9 Å². The molecule has 0 fully saturated rings. The number of hydrogen-bond donors (Lipinski definition) is 2. The van der Waals surface area contributed by atoms with Crippen molar-refractivity contribution in [3.05, 3.63) is 78.4 Å². The Hall–Kier alpha value is -3.90. The van der Waals surface area contributed by atoms with Crippen LogP contribution in [0.2, 0.25) is 13.1 Å². The number of alkyl halides is 3. The third-order valence-corrected chi connectivity index (χ3v) is 7.65. The molecule has 0 bridgehead atoms. The normalized spacial score (nSPS) is 14.0. The Morgan fingerprint density at radius 1 is 0.911 bits per heavy atom. The maximum atomic E-state index is 14.7. The van der Waals surface area contributed by atoms with Gasteiger partial charge in [0, 0.05) is 11.5 Å².